The zero-order chi connectivity index (χ0) is 18.6. The molecule has 0 bridgehead atoms. The van der Waals surface area contributed by atoms with Crippen molar-refractivity contribution in [3.8, 4) is 11.3 Å². The normalized spacial score (nSPS) is 12.1. The van der Waals surface area contributed by atoms with E-state index in [1.807, 2.05) is 26.0 Å². The molecule has 0 saturated heterocycles. The van der Waals surface area contributed by atoms with Crippen molar-refractivity contribution in [3.63, 3.8) is 0 Å². The zero-order valence-electron chi connectivity index (χ0n) is 14.7. The quantitative estimate of drug-likeness (QED) is 0.800. The molecule has 6 nitrogen and oxygen atoms in total. The van der Waals surface area contributed by atoms with Gasteiger partial charge in [0.15, 0.2) is 0 Å². The lowest BCUT2D eigenvalue weighted by atomic mass is 10.0. The van der Waals surface area contributed by atoms with Gasteiger partial charge in [-0.2, -0.15) is 5.10 Å². The fourth-order valence-electron chi connectivity index (χ4n) is 2.53. The number of nitrogens with one attached hydrogen (secondary N) is 1. The zero-order valence-corrected chi connectivity index (χ0v) is 15.5. The van der Waals surface area contributed by atoms with Gasteiger partial charge in [-0.1, -0.05) is 37.6 Å². The lowest BCUT2D eigenvalue weighted by molar-refractivity contribution is -0.143. The Kier molecular flexibility index (Phi) is 6.20. The Bertz CT molecular complexity index is 771. The first-order valence-electron chi connectivity index (χ1n) is 8.00. The SMILES string of the molecule is COC(=O)[C@H](CC(C)C)NC(=O)c1cc(-c2cccc(Cl)c2)nn1C. The van der Waals surface area contributed by atoms with Crippen LogP contribution in [0.3, 0.4) is 0 Å². The summed E-state index contributed by atoms with van der Waals surface area (Å²) in [5.41, 5.74) is 1.80. The Morgan fingerprint density at radius 2 is 2.04 bits per heavy atom. The summed E-state index contributed by atoms with van der Waals surface area (Å²) in [6.45, 7) is 3.95. The highest BCUT2D eigenvalue weighted by Gasteiger charge is 2.25. The van der Waals surface area contributed by atoms with E-state index in [4.69, 9.17) is 16.3 Å². The third-order valence-electron chi connectivity index (χ3n) is 3.73. The molecule has 1 heterocycles. The number of carbonyl (C=O) groups is 2. The van der Waals surface area contributed by atoms with Crippen molar-refractivity contribution in [1.82, 2.24) is 15.1 Å². The van der Waals surface area contributed by atoms with Crippen molar-refractivity contribution in [3.05, 3.63) is 41.0 Å². The predicted molar refractivity (Wildman–Crippen MR) is 96.4 cm³/mol. The highest BCUT2D eigenvalue weighted by Crippen LogP contribution is 2.22. The third-order valence-corrected chi connectivity index (χ3v) is 3.97. The van der Waals surface area contributed by atoms with E-state index in [0.717, 1.165) is 5.56 Å². The average Bonchev–Trinajstić information content (AvgIpc) is 2.95. The number of benzene rings is 1. The monoisotopic (exact) mass is 363 g/mol. The molecular formula is C18H22ClN3O3. The molecule has 1 N–H and O–H groups in total. The molecule has 7 heteroatoms. The Morgan fingerprint density at radius 1 is 1.32 bits per heavy atom. The van der Waals surface area contributed by atoms with E-state index in [1.165, 1.54) is 11.8 Å². The molecule has 1 atom stereocenters. The van der Waals surface area contributed by atoms with Gasteiger partial charge in [-0.15, -0.1) is 0 Å². The summed E-state index contributed by atoms with van der Waals surface area (Å²) >= 11 is 6.01. The number of rotatable bonds is 6. The van der Waals surface area contributed by atoms with Crippen LogP contribution in [0.2, 0.25) is 5.02 Å². The van der Waals surface area contributed by atoms with Crippen LogP contribution in [0.25, 0.3) is 11.3 Å². The smallest absolute Gasteiger partial charge is 0.328 e. The molecule has 0 fully saturated rings. The predicted octanol–water partition coefficient (Wildman–Crippen LogP) is 3.06. The van der Waals surface area contributed by atoms with Crippen LogP contribution >= 0.6 is 11.6 Å². The first-order valence-corrected chi connectivity index (χ1v) is 8.38. The minimum absolute atomic E-state index is 0.234. The number of ether oxygens (including phenoxy) is 1. The van der Waals surface area contributed by atoms with Crippen LogP contribution in [0.1, 0.15) is 30.8 Å². The number of hydrogen-bond acceptors (Lipinski definition) is 4. The molecule has 0 saturated carbocycles. The number of aryl methyl sites for hydroxylation is 1. The minimum Gasteiger partial charge on any atom is -0.467 e. The minimum atomic E-state index is -0.693. The van der Waals surface area contributed by atoms with E-state index in [0.29, 0.717) is 22.8 Å². The van der Waals surface area contributed by atoms with E-state index >= 15 is 0 Å². The van der Waals surface area contributed by atoms with Gasteiger partial charge < -0.3 is 10.1 Å². The van der Waals surface area contributed by atoms with Crippen LogP contribution in [0.5, 0.6) is 0 Å². The second kappa shape index (κ2) is 8.16. The number of hydrogen-bond donors (Lipinski definition) is 1. The van der Waals surface area contributed by atoms with Crippen LogP contribution in [0, 0.1) is 5.92 Å². The van der Waals surface area contributed by atoms with Gasteiger partial charge in [-0.25, -0.2) is 4.79 Å². The summed E-state index contributed by atoms with van der Waals surface area (Å²) in [6.07, 6.45) is 0.497. The van der Waals surface area contributed by atoms with Gasteiger partial charge in [-0.05, 0) is 30.5 Å². The first kappa shape index (κ1) is 19.0. The summed E-state index contributed by atoms with van der Waals surface area (Å²) in [7, 11) is 2.99. The molecule has 1 amide bonds. The molecule has 25 heavy (non-hydrogen) atoms. The number of esters is 1. The molecule has 0 unspecified atom stereocenters. The number of methoxy groups -OCH3 is 1. The van der Waals surface area contributed by atoms with Crippen LogP contribution in [0.15, 0.2) is 30.3 Å². The number of nitrogens with zero attached hydrogens (tertiary/aromatic N) is 2. The molecule has 0 radical (unpaired) electrons. The molecule has 0 aliphatic rings. The molecule has 0 spiro atoms. The molecular weight excluding hydrogens is 342 g/mol. The van der Waals surface area contributed by atoms with Crippen LogP contribution in [-0.4, -0.2) is 34.8 Å². The molecule has 1 aromatic carbocycles. The summed E-state index contributed by atoms with van der Waals surface area (Å²) < 4.78 is 6.26. The van der Waals surface area contributed by atoms with E-state index in [-0.39, 0.29) is 11.8 Å². The molecule has 134 valence electrons. The summed E-state index contributed by atoms with van der Waals surface area (Å²) in [6, 6.07) is 8.22. The lowest BCUT2D eigenvalue weighted by Gasteiger charge is -2.18. The Morgan fingerprint density at radius 3 is 2.64 bits per heavy atom. The van der Waals surface area contributed by atoms with Gasteiger partial charge in [0.2, 0.25) is 0 Å². The fraction of sp³-hybridized carbons (Fsp3) is 0.389. The number of aromatic nitrogens is 2. The first-order chi connectivity index (χ1) is 11.8. The molecule has 0 aliphatic heterocycles. The van der Waals surface area contributed by atoms with Crippen molar-refractivity contribution in [2.24, 2.45) is 13.0 Å². The van der Waals surface area contributed by atoms with Gasteiger partial charge in [0, 0.05) is 17.6 Å². The standard InChI is InChI=1S/C18H22ClN3O3/c1-11(2)8-15(18(24)25-4)20-17(23)16-10-14(21-22(16)3)12-6-5-7-13(19)9-12/h5-7,9-11,15H,8H2,1-4H3,(H,20,23)/t15-/m0/s1. The second-order valence-electron chi connectivity index (χ2n) is 6.23. The topological polar surface area (TPSA) is 73.2 Å². The maximum absolute atomic E-state index is 12.6. The van der Waals surface area contributed by atoms with E-state index in [9.17, 15) is 9.59 Å². The summed E-state index contributed by atoms with van der Waals surface area (Å²) in [5.74, 6) is -0.600. The summed E-state index contributed by atoms with van der Waals surface area (Å²) in [5, 5.41) is 7.68. The number of carbonyl (C=O) groups excluding carboxylic acids is 2. The Hall–Kier alpha value is -2.34. The van der Waals surface area contributed by atoms with Crippen molar-refractivity contribution in [2.75, 3.05) is 7.11 Å². The van der Waals surface area contributed by atoms with Gasteiger partial charge >= 0.3 is 5.97 Å². The van der Waals surface area contributed by atoms with Crippen LogP contribution in [0.4, 0.5) is 0 Å². The van der Waals surface area contributed by atoms with Crippen LogP contribution in [-0.2, 0) is 16.6 Å². The second-order valence-corrected chi connectivity index (χ2v) is 6.66. The maximum Gasteiger partial charge on any atom is 0.328 e. The van der Waals surface area contributed by atoms with Gasteiger partial charge in [0.25, 0.3) is 5.91 Å². The fourth-order valence-corrected chi connectivity index (χ4v) is 2.72. The molecule has 2 rings (SSSR count). The lowest BCUT2D eigenvalue weighted by Crippen LogP contribution is -2.42. The average molecular weight is 364 g/mol. The Labute approximate surface area is 152 Å². The van der Waals surface area contributed by atoms with Crippen molar-refractivity contribution in [1.29, 1.82) is 0 Å². The largest absolute Gasteiger partial charge is 0.467 e. The highest BCUT2D eigenvalue weighted by atomic mass is 35.5. The molecule has 2 aromatic rings. The van der Waals surface area contributed by atoms with E-state index in [1.54, 1.807) is 25.2 Å². The van der Waals surface area contributed by atoms with E-state index < -0.39 is 12.0 Å². The van der Waals surface area contributed by atoms with Crippen molar-refractivity contribution >= 4 is 23.5 Å². The number of amides is 1. The van der Waals surface area contributed by atoms with Crippen molar-refractivity contribution < 1.29 is 14.3 Å². The highest BCUT2D eigenvalue weighted by molar-refractivity contribution is 6.30. The van der Waals surface area contributed by atoms with Crippen molar-refractivity contribution in [2.45, 2.75) is 26.3 Å². The van der Waals surface area contributed by atoms with E-state index in [2.05, 4.69) is 10.4 Å². The van der Waals surface area contributed by atoms with Gasteiger partial charge in [0.1, 0.15) is 11.7 Å². The van der Waals surface area contributed by atoms with Crippen LogP contribution < -0.4 is 5.32 Å². The number of halogens is 1. The van der Waals surface area contributed by atoms with Gasteiger partial charge in [0.05, 0.1) is 12.8 Å². The molecule has 1 aromatic heterocycles. The van der Waals surface area contributed by atoms with Gasteiger partial charge in [-0.3, -0.25) is 9.48 Å². The Balaban J connectivity index is 2.23. The summed E-state index contributed by atoms with van der Waals surface area (Å²) in [4.78, 5) is 24.5. The molecule has 0 aliphatic carbocycles. The third kappa shape index (κ3) is 4.82. The maximum atomic E-state index is 12.6.